The maximum absolute atomic E-state index is 12.7. The van der Waals surface area contributed by atoms with E-state index < -0.39 is 0 Å². The molecule has 0 aliphatic carbocycles. The van der Waals surface area contributed by atoms with Crippen molar-refractivity contribution in [3.8, 4) is 0 Å². The highest BCUT2D eigenvalue weighted by Gasteiger charge is 2.20. The zero-order valence-electron chi connectivity index (χ0n) is 27.4. The highest BCUT2D eigenvalue weighted by Crippen LogP contribution is 2.16. The number of rotatable bonds is 32. The van der Waals surface area contributed by atoms with Crippen molar-refractivity contribution in [2.24, 2.45) is 5.92 Å². The molecule has 0 spiro atoms. The summed E-state index contributed by atoms with van der Waals surface area (Å²) in [5.41, 5.74) is 0. The van der Waals surface area contributed by atoms with Crippen LogP contribution in [0.4, 0.5) is 0 Å². The minimum absolute atomic E-state index is 0.131. The number of esters is 1. The van der Waals surface area contributed by atoms with Crippen molar-refractivity contribution in [1.82, 2.24) is 0 Å². The molecule has 0 aliphatic heterocycles. The summed E-state index contributed by atoms with van der Waals surface area (Å²) in [4.78, 5) is 12.7. The number of hydrogen-bond donors (Lipinski definition) is 0. The van der Waals surface area contributed by atoms with E-state index in [2.05, 4.69) is 27.7 Å². The van der Waals surface area contributed by atoms with Gasteiger partial charge in [-0.3, -0.25) is 0 Å². The molecule has 0 N–H and O–H groups in total. The minimum atomic E-state index is -0.373. The highest BCUT2D eigenvalue weighted by molar-refractivity contribution is 5.74. The lowest BCUT2D eigenvalue weighted by Gasteiger charge is -2.18. The topological polar surface area (TPSA) is 35.5 Å². The number of carbonyl (C=O) groups excluding carboxylic acids is 1. The van der Waals surface area contributed by atoms with Crippen molar-refractivity contribution in [2.45, 2.75) is 207 Å². The number of hydrogen-bond acceptors (Lipinski definition) is 3. The molecular weight excluding hydrogens is 480 g/mol. The molecule has 0 heterocycles. The summed E-state index contributed by atoms with van der Waals surface area (Å²) >= 11 is 0. The summed E-state index contributed by atoms with van der Waals surface area (Å²) in [5, 5.41) is 0. The molecular formula is C36H72O3. The van der Waals surface area contributed by atoms with Gasteiger partial charge in [-0.2, -0.15) is 0 Å². The van der Waals surface area contributed by atoms with Crippen molar-refractivity contribution >= 4 is 5.97 Å². The van der Waals surface area contributed by atoms with Crippen LogP contribution in [0.25, 0.3) is 0 Å². The second kappa shape index (κ2) is 32.0. The van der Waals surface area contributed by atoms with Crippen molar-refractivity contribution in [3.63, 3.8) is 0 Å². The van der Waals surface area contributed by atoms with Crippen LogP contribution in [-0.4, -0.2) is 25.3 Å². The fourth-order valence-electron chi connectivity index (χ4n) is 5.31. The minimum Gasteiger partial charge on any atom is -0.464 e. The third-order valence-corrected chi connectivity index (χ3v) is 7.96. The number of unbranched alkanes of at least 4 members (excludes halogenated alkanes) is 24. The van der Waals surface area contributed by atoms with Gasteiger partial charge in [-0.05, 0) is 18.8 Å². The van der Waals surface area contributed by atoms with Gasteiger partial charge in [0.2, 0.25) is 0 Å². The van der Waals surface area contributed by atoms with E-state index >= 15 is 0 Å². The molecule has 0 saturated heterocycles. The average Bonchev–Trinajstić information content (AvgIpc) is 2.92. The molecule has 0 aromatic rings. The molecule has 0 amide bonds. The Morgan fingerprint density at radius 3 is 1.18 bits per heavy atom. The van der Waals surface area contributed by atoms with E-state index in [1.54, 1.807) is 0 Å². The Bertz CT molecular complexity index is 476. The standard InChI is InChI=1S/C36H72O3/c1-5-7-9-11-13-15-17-19-20-22-24-26-28-30-32-38-36(37)35(39-33-34(3)4)31-29-27-25-23-21-18-16-14-12-10-8-6-2/h34-35H,5-33H2,1-4H3. The summed E-state index contributed by atoms with van der Waals surface area (Å²) in [6.07, 6.45) is 35.2. The van der Waals surface area contributed by atoms with E-state index in [9.17, 15) is 4.79 Å². The van der Waals surface area contributed by atoms with Gasteiger partial charge in [0.05, 0.1) is 13.2 Å². The molecule has 1 unspecified atom stereocenters. The molecule has 39 heavy (non-hydrogen) atoms. The van der Waals surface area contributed by atoms with Gasteiger partial charge in [-0.15, -0.1) is 0 Å². The summed E-state index contributed by atoms with van der Waals surface area (Å²) in [5.74, 6) is 0.307. The van der Waals surface area contributed by atoms with Gasteiger partial charge in [0.25, 0.3) is 0 Å². The molecule has 0 bridgehead atoms. The molecule has 0 aromatic carbocycles. The predicted octanol–water partition coefficient (Wildman–Crippen LogP) is 12.1. The van der Waals surface area contributed by atoms with Gasteiger partial charge in [-0.25, -0.2) is 4.79 Å². The molecule has 0 radical (unpaired) electrons. The Labute approximate surface area is 246 Å². The molecule has 234 valence electrons. The molecule has 3 heteroatoms. The molecule has 0 saturated carbocycles. The SMILES string of the molecule is CCCCCCCCCCCCCCCCOC(=O)C(CCCCCCCCCCCCCC)OCC(C)C. The zero-order chi connectivity index (χ0) is 28.7. The maximum Gasteiger partial charge on any atom is 0.335 e. The molecule has 3 nitrogen and oxygen atoms in total. The number of ether oxygens (including phenoxy) is 2. The van der Waals surface area contributed by atoms with Crippen molar-refractivity contribution < 1.29 is 14.3 Å². The van der Waals surface area contributed by atoms with Crippen LogP contribution in [-0.2, 0) is 14.3 Å². The first-order chi connectivity index (χ1) is 19.1. The quantitative estimate of drug-likeness (QED) is 0.0615. The molecule has 0 fully saturated rings. The maximum atomic E-state index is 12.7. The van der Waals surface area contributed by atoms with Crippen molar-refractivity contribution in [2.75, 3.05) is 13.2 Å². The van der Waals surface area contributed by atoms with Crippen molar-refractivity contribution in [1.29, 1.82) is 0 Å². The van der Waals surface area contributed by atoms with Crippen LogP contribution in [0.15, 0.2) is 0 Å². The van der Waals surface area contributed by atoms with Crippen LogP contribution in [0.3, 0.4) is 0 Å². The Hall–Kier alpha value is -0.570. The fourth-order valence-corrected chi connectivity index (χ4v) is 5.31. The second-order valence-electron chi connectivity index (χ2n) is 12.7. The smallest absolute Gasteiger partial charge is 0.335 e. The Balaban J connectivity index is 3.72. The molecule has 0 rings (SSSR count). The lowest BCUT2D eigenvalue weighted by atomic mass is 10.0. The molecule has 1 atom stereocenters. The second-order valence-corrected chi connectivity index (χ2v) is 12.7. The van der Waals surface area contributed by atoms with Crippen LogP contribution in [0.2, 0.25) is 0 Å². The summed E-state index contributed by atoms with van der Waals surface area (Å²) in [7, 11) is 0. The first-order valence-corrected chi connectivity index (χ1v) is 17.9. The first-order valence-electron chi connectivity index (χ1n) is 17.9. The summed E-state index contributed by atoms with van der Waals surface area (Å²) in [6.45, 7) is 10.0. The van der Waals surface area contributed by atoms with E-state index in [4.69, 9.17) is 9.47 Å². The average molecular weight is 553 g/mol. The lowest BCUT2D eigenvalue weighted by molar-refractivity contribution is -0.158. The van der Waals surface area contributed by atoms with E-state index in [-0.39, 0.29) is 12.1 Å². The summed E-state index contributed by atoms with van der Waals surface area (Å²) < 4.78 is 11.6. The third-order valence-electron chi connectivity index (χ3n) is 7.96. The van der Waals surface area contributed by atoms with Gasteiger partial charge < -0.3 is 9.47 Å². The monoisotopic (exact) mass is 553 g/mol. The normalized spacial score (nSPS) is 12.3. The third kappa shape index (κ3) is 30.2. The van der Waals surface area contributed by atoms with Crippen LogP contribution < -0.4 is 0 Å². The molecule has 0 aromatic heterocycles. The van der Waals surface area contributed by atoms with Gasteiger partial charge >= 0.3 is 5.97 Å². The Morgan fingerprint density at radius 1 is 0.487 bits per heavy atom. The fraction of sp³-hybridized carbons (Fsp3) is 0.972. The first kappa shape index (κ1) is 38.4. The predicted molar refractivity (Wildman–Crippen MR) is 172 cm³/mol. The van der Waals surface area contributed by atoms with E-state index in [0.29, 0.717) is 19.1 Å². The Morgan fingerprint density at radius 2 is 0.821 bits per heavy atom. The van der Waals surface area contributed by atoms with Crippen LogP contribution in [0.1, 0.15) is 201 Å². The van der Waals surface area contributed by atoms with E-state index in [1.165, 1.54) is 154 Å². The largest absolute Gasteiger partial charge is 0.464 e. The zero-order valence-corrected chi connectivity index (χ0v) is 27.4. The van der Waals surface area contributed by atoms with E-state index in [0.717, 1.165) is 19.3 Å². The van der Waals surface area contributed by atoms with Crippen LogP contribution in [0, 0.1) is 5.92 Å². The van der Waals surface area contributed by atoms with Crippen LogP contribution in [0.5, 0.6) is 0 Å². The van der Waals surface area contributed by atoms with Crippen molar-refractivity contribution in [3.05, 3.63) is 0 Å². The van der Waals surface area contributed by atoms with Crippen LogP contribution >= 0.6 is 0 Å². The van der Waals surface area contributed by atoms with E-state index in [1.807, 2.05) is 0 Å². The van der Waals surface area contributed by atoms with Gasteiger partial charge in [-0.1, -0.05) is 188 Å². The summed E-state index contributed by atoms with van der Waals surface area (Å²) in [6, 6.07) is 0. The van der Waals surface area contributed by atoms with Gasteiger partial charge in [0, 0.05) is 0 Å². The Kier molecular flexibility index (Phi) is 31.5. The lowest BCUT2D eigenvalue weighted by Crippen LogP contribution is -2.28. The number of carbonyl (C=O) groups is 1. The van der Waals surface area contributed by atoms with Gasteiger partial charge in [0.1, 0.15) is 0 Å². The van der Waals surface area contributed by atoms with Gasteiger partial charge in [0.15, 0.2) is 6.10 Å². The molecule has 0 aliphatic rings. The highest BCUT2D eigenvalue weighted by atomic mass is 16.6.